The number of aliphatic hydroxyl groups is 1. The molecule has 0 aliphatic carbocycles. The zero-order chi connectivity index (χ0) is 19.4. The van der Waals surface area contributed by atoms with Gasteiger partial charge in [0.15, 0.2) is 11.5 Å². The SMILES string of the molecule is C=N/C=C(/c1nccc(N2CCC(O)CC2)n1)N1C=C(C(F)(F)F)N=CC1. The summed E-state index contributed by atoms with van der Waals surface area (Å²) >= 11 is 0. The molecule has 2 aliphatic rings. The summed E-state index contributed by atoms with van der Waals surface area (Å²) in [5, 5.41) is 9.64. The van der Waals surface area contributed by atoms with E-state index in [4.69, 9.17) is 0 Å². The van der Waals surface area contributed by atoms with Crippen molar-refractivity contribution in [2.75, 3.05) is 24.5 Å². The predicted molar refractivity (Wildman–Crippen MR) is 96.3 cm³/mol. The summed E-state index contributed by atoms with van der Waals surface area (Å²) < 4.78 is 38.9. The van der Waals surface area contributed by atoms with E-state index >= 15 is 0 Å². The minimum atomic E-state index is -4.56. The van der Waals surface area contributed by atoms with Crippen molar-refractivity contribution >= 4 is 24.4 Å². The summed E-state index contributed by atoms with van der Waals surface area (Å²) in [6, 6.07) is 1.73. The van der Waals surface area contributed by atoms with Crippen LogP contribution in [-0.2, 0) is 0 Å². The number of aliphatic hydroxyl groups excluding tert-OH is 1. The number of nitrogens with zero attached hydrogens (tertiary/aromatic N) is 6. The summed E-state index contributed by atoms with van der Waals surface area (Å²) in [6.07, 6.45) is 1.35. The minimum Gasteiger partial charge on any atom is -0.393 e. The summed E-state index contributed by atoms with van der Waals surface area (Å²) in [5.41, 5.74) is -0.721. The lowest BCUT2D eigenvalue weighted by Gasteiger charge is -2.31. The van der Waals surface area contributed by atoms with E-state index in [1.807, 2.05) is 4.90 Å². The van der Waals surface area contributed by atoms with E-state index in [9.17, 15) is 18.3 Å². The molecule has 1 N–H and O–H groups in total. The average molecular weight is 380 g/mol. The maximum Gasteiger partial charge on any atom is 0.434 e. The quantitative estimate of drug-likeness (QED) is 0.811. The molecule has 0 bridgehead atoms. The van der Waals surface area contributed by atoms with Crippen LogP contribution < -0.4 is 4.90 Å². The molecule has 0 spiro atoms. The van der Waals surface area contributed by atoms with Crippen molar-refractivity contribution < 1.29 is 18.3 Å². The summed E-state index contributed by atoms with van der Waals surface area (Å²) in [5.74, 6) is 0.881. The van der Waals surface area contributed by atoms with E-state index in [2.05, 4.69) is 26.7 Å². The topological polar surface area (TPSA) is 77.2 Å². The zero-order valence-electron chi connectivity index (χ0n) is 14.5. The summed E-state index contributed by atoms with van der Waals surface area (Å²) in [6.45, 7) is 4.80. The number of allylic oxidation sites excluding steroid dienone is 1. The second-order valence-electron chi connectivity index (χ2n) is 6.13. The van der Waals surface area contributed by atoms with Crippen LogP contribution in [0.5, 0.6) is 0 Å². The first-order chi connectivity index (χ1) is 12.9. The molecular formula is C17H19F3N6O. The molecule has 7 nitrogen and oxygen atoms in total. The van der Waals surface area contributed by atoms with Gasteiger partial charge in [-0.3, -0.25) is 9.98 Å². The third kappa shape index (κ3) is 4.51. The van der Waals surface area contributed by atoms with Crippen LogP contribution in [-0.4, -0.2) is 64.8 Å². The highest BCUT2D eigenvalue weighted by molar-refractivity contribution is 5.70. The Bertz CT molecular complexity index is 781. The molecule has 0 amide bonds. The molecule has 3 heterocycles. The van der Waals surface area contributed by atoms with Crippen LogP contribution in [0.1, 0.15) is 18.7 Å². The number of rotatable bonds is 4. The van der Waals surface area contributed by atoms with Crippen molar-refractivity contribution in [2.24, 2.45) is 9.98 Å². The van der Waals surface area contributed by atoms with Gasteiger partial charge in [-0.05, 0) is 25.6 Å². The maximum absolute atomic E-state index is 13.0. The van der Waals surface area contributed by atoms with Gasteiger partial charge >= 0.3 is 6.18 Å². The van der Waals surface area contributed by atoms with Gasteiger partial charge in [0.05, 0.1) is 18.8 Å². The highest BCUT2D eigenvalue weighted by Crippen LogP contribution is 2.30. The Morgan fingerprint density at radius 1 is 1.33 bits per heavy atom. The van der Waals surface area contributed by atoms with Crippen LogP contribution in [0.4, 0.5) is 19.0 Å². The van der Waals surface area contributed by atoms with Crippen molar-refractivity contribution in [3.8, 4) is 0 Å². The predicted octanol–water partition coefficient (Wildman–Crippen LogP) is 2.23. The molecule has 1 aromatic rings. The lowest BCUT2D eigenvalue weighted by atomic mass is 10.1. The van der Waals surface area contributed by atoms with E-state index in [0.29, 0.717) is 31.7 Å². The molecule has 0 saturated carbocycles. The Morgan fingerprint density at radius 2 is 2.07 bits per heavy atom. The van der Waals surface area contributed by atoms with E-state index in [1.54, 1.807) is 12.3 Å². The molecular weight excluding hydrogens is 361 g/mol. The Hall–Kier alpha value is -2.75. The van der Waals surface area contributed by atoms with E-state index in [1.165, 1.54) is 17.3 Å². The lowest BCUT2D eigenvalue weighted by Crippen LogP contribution is -2.36. The van der Waals surface area contributed by atoms with Gasteiger partial charge in [-0.15, -0.1) is 0 Å². The first-order valence-electron chi connectivity index (χ1n) is 8.39. The molecule has 0 unspecified atom stereocenters. The van der Waals surface area contributed by atoms with Gasteiger partial charge in [-0.2, -0.15) is 13.2 Å². The maximum atomic E-state index is 13.0. The zero-order valence-corrected chi connectivity index (χ0v) is 14.5. The number of hydrogen-bond acceptors (Lipinski definition) is 7. The van der Waals surface area contributed by atoms with Crippen molar-refractivity contribution in [3.05, 3.63) is 36.2 Å². The lowest BCUT2D eigenvalue weighted by molar-refractivity contribution is -0.0934. The number of aliphatic imine (C=N–C) groups is 2. The number of piperidine rings is 1. The fraction of sp³-hybridized carbons (Fsp3) is 0.412. The summed E-state index contributed by atoms with van der Waals surface area (Å²) in [7, 11) is 0. The standard InChI is InChI=1S/C17H19F3N6O/c1-21-10-13(26-9-6-22-14(11-26)17(18,19)20)16-23-5-2-15(24-16)25-7-3-12(27)4-8-25/h2,5-6,10-12,27H,1,3-4,7-9H2/b13-10-. The average Bonchev–Trinajstić information content (AvgIpc) is 2.66. The van der Waals surface area contributed by atoms with Gasteiger partial charge in [0.1, 0.15) is 11.5 Å². The normalized spacial score (nSPS) is 19.3. The van der Waals surface area contributed by atoms with Crippen LogP contribution in [0.3, 0.4) is 0 Å². The third-order valence-electron chi connectivity index (χ3n) is 4.26. The van der Waals surface area contributed by atoms with Crippen LogP contribution in [0.25, 0.3) is 5.70 Å². The molecule has 1 saturated heterocycles. The van der Waals surface area contributed by atoms with Gasteiger partial charge in [0, 0.05) is 31.7 Å². The van der Waals surface area contributed by atoms with Crippen LogP contribution in [0.2, 0.25) is 0 Å². The van der Waals surface area contributed by atoms with Gasteiger partial charge in [0.2, 0.25) is 0 Å². The second-order valence-corrected chi connectivity index (χ2v) is 6.13. The molecule has 2 aliphatic heterocycles. The van der Waals surface area contributed by atoms with Crippen LogP contribution >= 0.6 is 0 Å². The van der Waals surface area contributed by atoms with Crippen LogP contribution in [0.15, 0.2) is 40.3 Å². The van der Waals surface area contributed by atoms with E-state index in [0.717, 1.165) is 6.20 Å². The first kappa shape index (κ1) is 19.0. The smallest absolute Gasteiger partial charge is 0.393 e. The summed E-state index contributed by atoms with van der Waals surface area (Å²) in [4.78, 5) is 19.1. The second kappa shape index (κ2) is 7.87. The Labute approximate surface area is 154 Å². The Morgan fingerprint density at radius 3 is 2.74 bits per heavy atom. The van der Waals surface area contributed by atoms with Gasteiger partial charge < -0.3 is 14.9 Å². The monoisotopic (exact) mass is 380 g/mol. The fourth-order valence-corrected chi connectivity index (χ4v) is 2.87. The number of hydrogen-bond donors (Lipinski definition) is 1. The van der Waals surface area contributed by atoms with E-state index < -0.39 is 11.9 Å². The van der Waals surface area contributed by atoms with Crippen molar-refractivity contribution in [1.29, 1.82) is 0 Å². The molecule has 0 atom stereocenters. The minimum absolute atomic E-state index is 0.129. The largest absolute Gasteiger partial charge is 0.434 e. The van der Waals surface area contributed by atoms with E-state index in [-0.39, 0.29) is 24.2 Å². The van der Waals surface area contributed by atoms with Crippen molar-refractivity contribution in [2.45, 2.75) is 25.1 Å². The highest BCUT2D eigenvalue weighted by Gasteiger charge is 2.36. The molecule has 10 heteroatoms. The molecule has 1 fully saturated rings. The first-order valence-corrected chi connectivity index (χ1v) is 8.39. The molecule has 144 valence electrons. The molecule has 0 radical (unpaired) electrons. The molecule has 27 heavy (non-hydrogen) atoms. The number of anilines is 1. The fourth-order valence-electron chi connectivity index (χ4n) is 2.87. The number of halogens is 3. The van der Waals surface area contributed by atoms with Crippen molar-refractivity contribution in [3.63, 3.8) is 0 Å². The van der Waals surface area contributed by atoms with Gasteiger partial charge in [-0.1, -0.05) is 0 Å². The molecule has 0 aromatic carbocycles. The Kier molecular flexibility index (Phi) is 5.54. The third-order valence-corrected chi connectivity index (χ3v) is 4.26. The van der Waals surface area contributed by atoms with Crippen molar-refractivity contribution in [1.82, 2.24) is 14.9 Å². The number of alkyl halides is 3. The highest BCUT2D eigenvalue weighted by atomic mass is 19.4. The number of aromatic nitrogens is 2. The van der Waals surface area contributed by atoms with Gasteiger partial charge in [0.25, 0.3) is 0 Å². The van der Waals surface area contributed by atoms with Gasteiger partial charge in [-0.25, -0.2) is 9.97 Å². The van der Waals surface area contributed by atoms with Crippen LogP contribution in [0, 0.1) is 0 Å². The molecule has 1 aromatic heterocycles. The Balaban J connectivity index is 1.89. The molecule has 3 rings (SSSR count).